The minimum atomic E-state index is -4.69. The van der Waals surface area contributed by atoms with Gasteiger partial charge < -0.3 is 19.6 Å². The molecule has 0 aliphatic carbocycles. The van der Waals surface area contributed by atoms with Gasteiger partial charge in [0, 0.05) is 26.2 Å². The summed E-state index contributed by atoms with van der Waals surface area (Å²) in [6.45, 7) is 2.96. The number of carboxylic acid groups (broad SMARTS) is 1. The maximum Gasteiger partial charge on any atom is 0.573 e. The molecule has 0 saturated carbocycles. The Morgan fingerprint density at radius 1 is 1.22 bits per heavy atom. The molecule has 1 aromatic rings. The fourth-order valence-corrected chi connectivity index (χ4v) is 3.88. The molecule has 0 radical (unpaired) electrons. The number of allylic oxidation sites excluding steroid dienone is 1. The second-order valence-corrected chi connectivity index (χ2v) is 7.11. The predicted octanol–water partition coefficient (Wildman–Crippen LogP) is 3.96. The molecule has 0 bridgehead atoms. The molecule has 2 saturated heterocycles. The molecule has 1 aromatic carbocycles. The number of amides is 1. The lowest BCUT2D eigenvalue weighted by Gasteiger charge is -2.19. The van der Waals surface area contributed by atoms with Crippen LogP contribution < -0.4 is 4.74 Å². The van der Waals surface area contributed by atoms with Gasteiger partial charge in [0.2, 0.25) is 0 Å². The lowest BCUT2D eigenvalue weighted by molar-refractivity contribution is -0.274. The molecule has 0 unspecified atom stereocenters. The first kappa shape index (κ1) is 19.4. The summed E-state index contributed by atoms with van der Waals surface area (Å²) in [6, 6.07) is 5.99. The van der Waals surface area contributed by atoms with Crippen molar-refractivity contribution >= 4 is 6.09 Å². The fraction of sp³-hybridized carbons (Fsp3) is 0.526. The van der Waals surface area contributed by atoms with E-state index in [0.717, 1.165) is 31.5 Å². The lowest BCUT2D eigenvalue weighted by Crippen LogP contribution is -2.28. The van der Waals surface area contributed by atoms with Crippen molar-refractivity contribution in [3.63, 3.8) is 0 Å². The predicted molar refractivity (Wildman–Crippen MR) is 93.4 cm³/mol. The van der Waals surface area contributed by atoms with Gasteiger partial charge in [-0.3, -0.25) is 0 Å². The summed E-state index contributed by atoms with van der Waals surface area (Å²) < 4.78 is 40.8. The van der Waals surface area contributed by atoms with Gasteiger partial charge in [0.15, 0.2) is 0 Å². The Balaban J connectivity index is 1.50. The molecule has 27 heavy (non-hydrogen) atoms. The van der Waals surface area contributed by atoms with Gasteiger partial charge in [-0.15, -0.1) is 13.2 Å². The number of likely N-dealkylation sites (tertiary alicyclic amines) is 2. The minimum Gasteiger partial charge on any atom is -0.465 e. The van der Waals surface area contributed by atoms with E-state index in [4.69, 9.17) is 5.11 Å². The maximum absolute atomic E-state index is 12.3. The van der Waals surface area contributed by atoms with Crippen molar-refractivity contribution in [3.8, 4) is 5.75 Å². The van der Waals surface area contributed by atoms with E-state index < -0.39 is 12.5 Å². The van der Waals surface area contributed by atoms with E-state index >= 15 is 0 Å². The van der Waals surface area contributed by atoms with Crippen LogP contribution in [0.15, 0.2) is 36.5 Å². The molecular formula is C19H23F3N2O3. The molecular weight excluding hydrogens is 361 g/mol. The van der Waals surface area contributed by atoms with Gasteiger partial charge in [0.05, 0.1) is 0 Å². The van der Waals surface area contributed by atoms with Gasteiger partial charge in [-0.1, -0.05) is 18.2 Å². The first-order valence-corrected chi connectivity index (χ1v) is 9.03. The van der Waals surface area contributed by atoms with Crippen molar-refractivity contribution < 1.29 is 27.8 Å². The van der Waals surface area contributed by atoms with Crippen LogP contribution in [0.4, 0.5) is 18.0 Å². The average molecular weight is 384 g/mol. The van der Waals surface area contributed by atoms with E-state index in [-0.39, 0.29) is 5.75 Å². The number of hydrogen-bond acceptors (Lipinski definition) is 3. The minimum absolute atomic E-state index is 0.209. The molecule has 0 spiro atoms. The zero-order chi connectivity index (χ0) is 19.4. The van der Waals surface area contributed by atoms with Gasteiger partial charge in [0.1, 0.15) is 5.75 Å². The number of carbonyl (C=O) groups is 1. The second kappa shape index (κ2) is 8.10. The molecule has 3 rings (SSSR count). The van der Waals surface area contributed by atoms with Gasteiger partial charge >= 0.3 is 12.5 Å². The van der Waals surface area contributed by atoms with Crippen LogP contribution in [-0.2, 0) is 6.42 Å². The number of hydrogen-bond donors (Lipinski definition) is 1. The molecule has 0 aromatic heterocycles. The van der Waals surface area contributed by atoms with E-state index in [1.54, 1.807) is 12.1 Å². The van der Waals surface area contributed by atoms with Crippen molar-refractivity contribution in [2.75, 3.05) is 26.2 Å². The Bertz CT molecular complexity index is 677. The third kappa shape index (κ3) is 5.55. The number of rotatable bonds is 4. The molecule has 2 aliphatic heterocycles. The second-order valence-electron chi connectivity index (χ2n) is 7.11. The van der Waals surface area contributed by atoms with Crippen LogP contribution in [0.5, 0.6) is 5.75 Å². The molecule has 2 aliphatic rings. The third-order valence-corrected chi connectivity index (χ3v) is 5.22. The summed E-state index contributed by atoms with van der Waals surface area (Å²) >= 11 is 0. The first-order valence-electron chi connectivity index (χ1n) is 9.03. The summed E-state index contributed by atoms with van der Waals surface area (Å²) in [5.41, 5.74) is 0.747. The average Bonchev–Trinajstić information content (AvgIpc) is 2.90. The van der Waals surface area contributed by atoms with Crippen LogP contribution in [0.2, 0.25) is 0 Å². The number of fused-ring (bicyclic) bond motifs is 1. The smallest absolute Gasteiger partial charge is 0.465 e. The molecule has 1 N–H and O–H groups in total. The zero-order valence-electron chi connectivity index (χ0n) is 14.9. The lowest BCUT2D eigenvalue weighted by atomic mass is 9.92. The van der Waals surface area contributed by atoms with Crippen molar-refractivity contribution in [2.45, 2.75) is 25.6 Å². The summed E-state index contributed by atoms with van der Waals surface area (Å²) in [4.78, 5) is 14.8. The van der Waals surface area contributed by atoms with E-state index in [1.807, 2.05) is 12.3 Å². The molecule has 2 heterocycles. The maximum atomic E-state index is 12.3. The van der Waals surface area contributed by atoms with Crippen LogP contribution in [-0.4, -0.2) is 53.5 Å². The molecule has 148 valence electrons. The summed E-state index contributed by atoms with van der Waals surface area (Å²) in [7, 11) is 0. The van der Waals surface area contributed by atoms with E-state index in [1.165, 1.54) is 17.0 Å². The third-order valence-electron chi connectivity index (χ3n) is 5.22. The molecule has 2 fully saturated rings. The Morgan fingerprint density at radius 3 is 2.48 bits per heavy atom. The monoisotopic (exact) mass is 384 g/mol. The Morgan fingerprint density at radius 2 is 1.89 bits per heavy atom. The SMILES string of the molecule is O=C(O)N1C[C@H]2CCN(/C=C/Cc3cccc(OC(F)(F)F)c3)CC[C@H]2C1. The van der Waals surface area contributed by atoms with Gasteiger partial charge in [-0.25, -0.2) is 4.79 Å². The Hall–Kier alpha value is -2.38. The Kier molecular flexibility index (Phi) is 5.82. The zero-order valence-corrected chi connectivity index (χ0v) is 14.9. The highest BCUT2D eigenvalue weighted by Crippen LogP contribution is 2.31. The molecule has 8 heteroatoms. The number of alkyl halides is 3. The highest BCUT2D eigenvalue weighted by Gasteiger charge is 2.36. The number of nitrogens with zero attached hydrogens (tertiary/aromatic N) is 2. The quantitative estimate of drug-likeness (QED) is 0.854. The van der Waals surface area contributed by atoms with Crippen LogP contribution in [0.1, 0.15) is 18.4 Å². The van der Waals surface area contributed by atoms with Gasteiger partial charge in [-0.2, -0.15) is 0 Å². The normalized spacial score (nSPS) is 23.4. The molecule has 5 nitrogen and oxygen atoms in total. The van der Waals surface area contributed by atoms with Crippen LogP contribution >= 0.6 is 0 Å². The first-order chi connectivity index (χ1) is 12.8. The topological polar surface area (TPSA) is 53.0 Å². The highest BCUT2D eigenvalue weighted by atomic mass is 19.4. The summed E-state index contributed by atoms with van der Waals surface area (Å²) in [6.07, 6.45) is 0.836. The van der Waals surface area contributed by atoms with Crippen LogP contribution in [0.3, 0.4) is 0 Å². The van der Waals surface area contributed by atoms with Gasteiger partial charge in [0.25, 0.3) is 0 Å². The summed E-state index contributed by atoms with van der Waals surface area (Å²) in [5.74, 6) is 0.616. The van der Waals surface area contributed by atoms with Gasteiger partial charge in [-0.05, 0) is 55.0 Å². The van der Waals surface area contributed by atoms with Crippen molar-refractivity contribution in [1.82, 2.24) is 9.80 Å². The van der Waals surface area contributed by atoms with Crippen molar-refractivity contribution in [2.24, 2.45) is 11.8 Å². The van der Waals surface area contributed by atoms with E-state index in [9.17, 15) is 18.0 Å². The largest absolute Gasteiger partial charge is 0.573 e. The summed E-state index contributed by atoms with van der Waals surface area (Å²) in [5, 5.41) is 9.12. The standard InChI is InChI=1S/C19H23F3N2O3/c20-19(21,22)27-17-5-1-3-14(11-17)4-2-8-23-9-6-15-12-24(18(25)26)13-16(15)7-10-23/h1-3,5,8,11,15-16H,4,6-7,9-10,12-13H2,(H,25,26)/b8-2+/t15-,16+. The van der Waals surface area contributed by atoms with E-state index in [0.29, 0.717) is 31.3 Å². The number of benzene rings is 1. The van der Waals surface area contributed by atoms with E-state index in [2.05, 4.69) is 9.64 Å². The molecule has 2 atom stereocenters. The number of ether oxygens (including phenoxy) is 1. The highest BCUT2D eigenvalue weighted by molar-refractivity contribution is 5.65. The number of halogens is 3. The Labute approximate surface area is 156 Å². The van der Waals surface area contributed by atoms with Crippen LogP contribution in [0, 0.1) is 11.8 Å². The van der Waals surface area contributed by atoms with Crippen molar-refractivity contribution in [1.29, 1.82) is 0 Å². The molecule has 1 amide bonds. The fourth-order valence-electron chi connectivity index (χ4n) is 3.88. The van der Waals surface area contributed by atoms with Crippen molar-refractivity contribution in [3.05, 3.63) is 42.1 Å². The van der Waals surface area contributed by atoms with Crippen LogP contribution in [0.25, 0.3) is 0 Å².